The summed E-state index contributed by atoms with van der Waals surface area (Å²) in [5.74, 6) is 2.27. The summed E-state index contributed by atoms with van der Waals surface area (Å²) < 4.78 is 10.6. The number of ether oxygens (including phenoxy) is 1. The van der Waals surface area contributed by atoms with Crippen molar-refractivity contribution in [2.75, 3.05) is 39.2 Å². The number of anilines is 1. The number of aromatic nitrogens is 2. The normalized spacial score (nSPS) is 18.5. The minimum atomic E-state index is 0.167. The number of piperidine rings is 1. The quantitative estimate of drug-likeness (QED) is 0.900. The van der Waals surface area contributed by atoms with Crippen molar-refractivity contribution in [1.82, 2.24) is 15.0 Å². The lowest BCUT2D eigenvalue weighted by molar-refractivity contribution is 0.180. The summed E-state index contributed by atoms with van der Waals surface area (Å²) in [5, 5.41) is 13.7. The predicted molar refractivity (Wildman–Crippen MR) is 90.5 cm³/mol. The van der Waals surface area contributed by atoms with Gasteiger partial charge in [-0.15, -0.1) is 0 Å². The zero-order chi connectivity index (χ0) is 17.1. The molecule has 130 valence electrons. The van der Waals surface area contributed by atoms with Crippen molar-refractivity contribution in [3.8, 4) is 11.5 Å². The molecule has 2 aromatic rings. The van der Waals surface area contributed by atoms with Crippen LogP contribution in [0.1, 0.15) is 30.2 Å². The summed E-state index contributed by atoms with van der Waals surface area (Å²) in [4.78, 5) is 8.70. The molecule has 0 spiro atoms. The fourth-order valence-electron chi connectivity index (χ4n) is 3.05. The lowest BCUT2D eigenvalue weighted by atomic mass is 9.97. The van der Waals surface area contributed by atoms with Crippen LogP contribution in [0.5, 0.6) is 11.5 Å². The molecule has 1 aromatic heterocycles. The molecule has 0 aliphatic carbocycles. The fraction of sp³-hybridized carbons (Fsp3) is 0.529. The van der Waals surface area contributed by atoms with Crippen molar-refractivity contribution in [2.45, 2.75) is 25.3 Å². The summed E-state index contributed by atoms with van der Waals surface area (Å²) in [5.41, 5.74) is 1.12. The van der Waals surface area contributed by atoms with Crippen molar-refractivity contribution in [3.63, 3.8) is 0 Å². The Morgan fingerprint density at radius 1 is 1.42 bits per heavy atom. The standard InChI is InChI=1S/C17H24N4O3/c1-20(2)17-18-16(24-19-17)13-5-4-8-21(11-13)10-12-6-7-14(22)15(9-12)23-3/h6-7,9,13,22H,4-5,8,10-11H2,1-3H3. The third-order valence-electron chi connectivity index (χ3n) is 4.34. The predicted octanol–water partition coefficient (Wildman–Crippen LogP) is 2.23. The van der Waals surface area contributed by atoms with Gasteiger partial charge in [0.2, 0.25) is 5.89 Å². The number of hydrogen-bond donors (Lipinski definition) is 1. The smallest absolute Gasteiger partial charge is 0.265 e. The van der Waals surface area contributed by atoms with Gasteiger partial charge in [0.25, 0.3) is 5.95 Å². The molecule has 0 bridgehead atoms. The second kappa shape index (κ2) is 7.09. The Balaban J connectivity index is 1.67. The monoisotopic (exact) mass is 332 g/mol. The van der Waals surface area contributed by atoms with E-state index in [-0.39, 0.29) is 11.7 Å². The van der Waals surface area contributed by atoms with Gasteiger partial charge in [-0.25, -0.2) is 0 Å². The van der Waals surface area contributed by atoms with Gasteiger partial charge in [0.05, 0.1) is 13.0 Å². The summed E-state index contributed by atoms with van der Waals surface area (Å²) in [6.07, 6.45) is 2.16. The van der Waals surface area contributed by atoms with Crippen LogP contribution in [0.4, 0.5) is 5.95 Å². The molecule has 0 amide bonds. The number of rotatable bonds is 5. The van der Waals surface area contributed by atoms with Crippen LogP contribution in [-0.4, -0.2) is 54.4 Å². The molecule has 1 unspecified atom stereocenters. The highest BCUT2D eigenvalue weighted by Gasteiger charge is 2.26. The molecule has 7 nitrogen and oxygen atoms in total. The van der Waals surface area contributed by atoms with Crippen molar-refractivity contribution in [3.05, 3.63) is 29.7 Å². The van der Waals surface area contributed by atoms with Gasteiger partial charge in [0.1, 0.15) is 0 Å². The molecule has 1 N–H and O–H groups in total. The maximum Gasteiger partial charge on any atom is 0.265 e. The Kier molecular flexibility index (Phi) is 4.89. The van der Waals surface area contributed by atoms with E-state index in [4.69, 9.17) is 9.26 Å². The van der Waals surface area contributed by atoms with Gasteiger partial charge in [0.15, 0.2) is 11.5 Å². The first kappa shape index (κ1) is 16.6. The number of methoxy groups -OCH3 is 1. The van der Waals surface area contributed by atoms with E-state index >= 15 is 0 Å². The molecule has 1 fully saturated rings. The van der Waals surface area contributed by atoms with Crippen molar-refractivity contribution >= 4 is 5.95 Å². The lowest BCUT2D eigenvalue weighted by Crippen LogP contribution is -2.34. The van der Waals surface area contributed by atoms with Crippen LogP contribution in [0.2, 0.25) is 0 Å². The summed E-state index contributed by atoms with van der Waals surface area (Å²) in [6, 6.07) is 5.49. The Morgan fingerprint density at radius 3 is 2.96 bits per heavy atom. The van der Waals surface area contributed by atoms with Crippen molar-refractivity contribution in [2.24, 2.45) is 0 Å². The van der Waals surface area contributed by atoms with Gasteiger partial charge >= 0.3 is 0 Å². The van der Waals surface area contributed by atoms with E-state index in [1.54, 1.807) is 13.2 Å². The molecular weight excluding hydrogens is 308 g/mol. The van der Waals surface area contributed by atoms with Gasteiger partial charge in [-0.3, -0.25) is 4.90 Å². The van der Waals surface area contributed by atoms with E-state index in [2.05, 4.69) is 15.0 Å². The number of phenolic OH excluding ortho intramolecular Hbond substituents is 1. The average Bonchev–Trinajstić information content (AvgIpc) is 3.07. The second-order valence-corrected chi connectivity index (χ2v) is 6.41. The average molecular weight is 332 g/mol. The molecule has 1 aliphatic heterocycles. The highest BCUT2D eigenvalue weighted by atomic mass is 16.5. The number of benzene rings is 1. The van der Waals surface area contributed by atoms with Crippen LogP contribution in [0.25, 0.3) is 0 Å². The third kappa shape index (κ3) is 3.62. The zero-order valence-electron chi connectivity index (χ0n) is 14.4. The van der Waals surface area contributed by atoms with Gasteiger partial charge in [-0.1, -0.05) is 6.07 Å². The summed E-state index contributed by atoms with van der Waals surface area (Å²) >= 11 is 0. The summed E-state index contributed by atoms with van der Waals surface area (Å²) in [7, 11) is 5.37. The zero-order valence-corrected chi connectivity index (χ0v) is 14.4. The third-order valence-corrected chi connectivity index (χ3v) is 4.34. The van der Waals surface area contributed by atoms with E-state index in [9.17, 15) is 5.11 Å². The number of nitrogens with zero attached hydrogens (tertiary/aromatic N) is 4. The van der Waals surface area contributed by atoms with Crippen LogP contribution in [0.15, 0.2) is 22.7 Å². The van der Waals surface area contributed by atoms with E-state index in [1.165, 1.54) is 0 Å². The topological polar surface area (TPSA) is 74.9 Å². The van der Waals surface area contributed by atoms with Crippen LogP contribution in [0.3, 0.4) is 0 Å². The van der Waals surface area contributed by atoms with Crippen molar-refractivity contribution < 1.29 is 14.4 Å². The molecule has 7 heteroatoms. The summed E-state index contributed by atoms with van der Waals surface area (Å²) in [6.45, 7) is 2.73. The first-order chi connectivity index (χ1) is 11.6. The highest BCUT2D eigenvalue weighted by Crippen LogP contribution is 2.30. The molecule has 2 heterocycles. The Morgan fingerprint density at radius 2 is 2.25 bits per heavy atom. The van der Waals surface area contributed by atoms with Crippen LogP contribution >= 0.6 is 0 Å². The molecule has 1 aromatic carbocycles. The first-order valence-corrected chi connectivity index (χ1v) is 8.16. The minimum absolute atomic E-state index is 0.167. The largest absolute Gasteiger partial charge is 0.504 e. The molecule has 0 radical (unpaired) electrons. The van der Waals surface area contributed by atoms with Crippen molar-refractivity contribution in [1.29, 1.82) is 0 Å². The minimum Gasteiger partial charge on any atom is -0.504 e. The van der Waals surface area contributed by atoms with Gasteiger partial charge < -0.3 is 19.3 Å². The Bertz CT molecular complexity index is 686. The molecular formula is C17H24N4O3. The second-order valence-electron chi connectivity index (χ2n) is 6.41. The van der Waals surface area contributed by atoms with E-state index in [0.717, 1.165) is 38.0 Å². The number of phenols is 1. The molecule has 1 aliphatic rings. The first-order valence-electron chi connectivity index (χ1n) is 8.16. The van der Waals surface area contributed by atoms with E-state index in [0.29, 0.717) is 17.6 Å². The molecule has 1 atom stereocenters. The number of aromatic hydroxyl groups is 1. The van der Waals surface area contributed by atoms with Crippen LogP contribution in [0, 0.1) is 0 Å². The lowest BCUT2D eigenvalue weighted by Gasteiger charge is -2.31. The number of likely N-dealkylation sites (tertiary alicyclic amines) is 1. The Labute approximate surface area is 141 Å². The maximum absolute atomic E-state index is 9.71. The number of hydrogen-bond acceptors (Lipinski definition) is 7. The van der Waals surface area contributed by atoms with E-state index in [1.807, 2.05) is 31.1 Å². The van der Waals surface area contributed by atoms with Gasteiger partial charge in [-0.05, 0) is 42.2 Å². The molecule has 1 saturated heterocycles. The highest BCUT2D eigenvalue weighted by molar-refractivity contribution is 5.41. The molecule has 0 saturated carbocycles. The SMILES string of the molecule is COc1cc(CN2CCCC(c3nc(N(C)C)no3)C2)ccc1O. The maximum atomic E-state index is 9.71. The molecule has 3 rings (SSSR count). The molecule has 24 heavy (non-hydrogen) atoms. The van der Waals surface area contributed by atoms with Crippen LogP contribution in [-0.2, 0) is 6.54 Å². The van der Waals surface area contributed by atoms with Gasteiger partial charge in [0, 0.05) is 27.2 Å². The van der Waals surface area contributed by atoms with Crippen LogP contribution < -0.4 is 9.64 Å². The fourth-order valence-corrected chi connectivity index (χ4v) is 3.05. The Hall–Kier alpha value is -2.28. The van der Waals surface area contributed by atoms with Gasteiger partial charge in [-0.2, -0.15) is 4.98 Å². The van der Waals surface area contributed by atoms with E-state index < -0.39 is 0 Å².